The van der Waals surface area contributed by atoms with Gasteiger partial charge in [0.2, 0.25) is 0 Å². The molecule has 2 nitrogen and oxygen atoms in total. The molecule has 1 N–H and O–H groups in total. The third-order valence-corrected chi connectivity index (χ3v) is 3.83. The summed E-state index contributed by atoms with van der Waals surface area (Å²) in [6.45, 7) is 1.58. The number of ether oxygens (including phenoxy) is 1. The molecule has 0 unspecified atom stereocenters. The number of hydrogen-bond donors (Lipinski definition) is 2. The van der Waals surface area contributed by atoms with Crippen molar-refractivity contribution in [2.75, 3.05) is 19.0 Å². The SMILES string of the molecule is SCC1(c2c[nH]c3ccccc23)COC1. The zero-order chi connectivity index (χ0) is 10.3. The highest BCUT2D eigenvalue weighted by Crippen LogP contribution is 2.37. The summed E-state index contributed by atoms with van der Waals surface area (Å²) >= 11 is 4.45. The number of aromatic nitrogens is 1. The topological polar surface area (TPSA) is 25.0 Å². The second-order valence-electron chi connectivity index (χ2n) is 4.18. The van der Waals surface area contributed by atoms with Gasteiger partial charge in [-0.3, -0.25) is 0 Å². The summed E-state index contributed by atoms with van der Waals surface area (Å²) in [5.74, 6) is 0.842. The number of benzene rings is 1. The summed E-state index contributed by atoms with van der Waals surface area (Å²) in [4.78, 5) is 3.31. The number of para-hydroxylation sites is 1. The summed E-state index contributed by atoms with van der Waals surface area (Å²) < 4.78 is 5.34. The molecule has 0 atom stereocenters. The van der Waals surface area contributed by atoms with Crippen LogP contribution in [0.3, 0.4) is 0 Å². The lowest BCUT2D eigenvalue weighted by molar-refractivity contribution is -0.0463. The van der Waals surface area contributed by atoms with Crippen LogP contribution in [0.2, 0.25) is 0 Å². The Labute approximate surface area is 94.0 Å². The molecule has 1 aromatic carbocycles. The lowest BCUT2D eigenvalue weighted by Gasteiger charge is -2.40. The molecule has 15 heavy (non-hydrogen) atoms. The van der Waals surface area contributed by atoms with Crippen LogP contribution in [-0.2, 0) is 10.2 Å². The van der Waals surface area contributed by atoms with Gasteiger partial charge in [0.05, 0.1) is 18.6 Å². The molecule has 1 fully saturated rings. The molecule has 0 saturated carbocycles. The first-order valence-electron chi connectivity index (χ1n) is 5.11. The van der Waals surface area contributed by atoms with Crippen LogP contribution in [0.1, 0.15) is 5.56 Å². The van der Waals surface area contributed by atoms with Crippen molar-refractivity contribution in [3.63, 3.8) is 0 Å². The van der Waals surface area contributed by atoms with Gasteiger partial charge in [0.1, 0.15) is 0 Å². The van der Waals surface area contributed by atoms with E-state index in [2.05, 4.69) is 42.0 Å². The van der Waals surface area contributed by atoms with E-state index >= 15 is 0 Å². The smallest absolute Gasteiger partial charge is 0.0594 e. The molecule has 0 spiro atoms. The second kappa shape index (κ2) is 3.29. The molecule has 0 bridgehead atoms. The Morgan fingerprint density at radius 2 is 2.13 bits per heavy atom. The molecule has 1 aromatic heterocycles. The summed E-state index contributed by atoms with van der Waals surface area (Å²) in [7, 11) is 0. The Morgan fingerprint density at radius 3 is 2.80 bits per heavy atom. The van der Waals surface area contributed by atoms with Gasteiger partial charge in [-0.2, -0.15) is 12.6 Å². The van der Waals surface area contributed by atoms with Crippen LogP contribution in [0.4, 0.5) is 0 Å². The van der Waals surface area contributed by atoms with Crippen LogP contribution in [-0.4, -0.2) is 24.0 Å². The summed E-state index contributed by atoms with van der Waals surface area (Å²) in [5, 5.41) is 1.30. The Balaban J connectivity index is 2.18. The first kappa shape index (κ1) is 9.31. The Morgan fingerprint density at radius 1 is 1.33 bits per heavy atom. The van der Waals surface area contributed by atoms with Crippen molar-refractivity contribution < 1.29 is 4.74 Å². The van der Waals surface area contributed by atoms with E-state index in [1.54, 1.807) is 0 Å². The number of rotatable bonds is 2. The molecule has 1 saturated heterocycles. The van der Waals surface area contributed by atoms with E-state index < -0.39 is 0 Å². The molecule has 78 valence electrons. The maximum absolute atomic E-state index is 5.34. The van der Waals surface area contributed by atoms with Crippen molar-refractivity contribution in [1.29, 1.82) is 0 Å². The summed E-state index contributed by atoms with van der Waals surface area (Å²) in [6, 6.07) is 8.38. The minimum atomic E-state index is 0.128. The van der Waals surface area contributed by atoms with E-state index in [4.69, 9.17) is 4.74 Å². The highest BCUT2D eigenvalue weighted by Gasteiger charge is 2.40. The van der Waals surface area contributed by atoms with Gasteiger partial charge in [-0.05, 0) is 11.6 Å². The van der Waals surface area contributed by atoms with Gasteiger partial charge in [0.25, 0.3) is 0 Å². The molecular weight excluding hydrogens is 206 g/mol. The molecule has 2 heterocycles. The van der Waals surface area contributed by atoms with Crippen LogP contribution < -0.4 is 0 Å². The van der Waals surface area contributed by atoms with Crippen molar-refractivity contribution in [2.24, 2.45) is 0 Å². The number of H-pyrrole nitrogens is 1. The third kappa shape index (κ3) is 1.23. The van der Waals surface area contributed by atoms with E-state index in [0.717, 1.165) is 19.0 Å². The summed E-state index contributed by atoms with van der Waals surface area (Å²) in [5.41, 5.74) is 2.67. The van der Waals surface area contributed by atoms with Gasteiger partial charge in [0.15, 0.2) is 0 Å². The lowest BCUT2D eigenvalue weighted by atomic mass is 9.80. The van der Waals surface area contributed by atoms with Crippen molar-refractivity contribution in [1.82, 2.24) is 4.98 Å². The number of aromatic amines is 1. The van der Waals surface area contributed by atoms with Crippen LogP contribution in [0.25, 0.3) is 10.9 Å². The second-order valence-corrected chi connectivity index (χ2v) is 4.50. The highest BCUT2D eigenvalue weighted by atomic mass is 32.1. The Hall–Kier alpha value is -0.930. The zero-order valence-electron chi connectivity index (χ0n) is 8.36. The fraction of sp³-hybridized carbons (Fsp3) is 0.333. The molecule has 2 aromatic rings. The van der Waals surface area contributed by atoms with E-state index in [1.807, 2.05) is 6.07 Å². The quantitative estimate of drug-likeness (QED) is 0.745. The normalized spacial score (nSPS) is 19.0. The van der Waals surface area contributed by atoms with Crippen LogP contribution in [0.5, 0.6) is 0 Å². The fourth-order valence-electron chi connectivity index (χ4n) is 2.19. The van der Waals surface area contributed by atoms with Crippen molar-refractivity contribution in [3.05, 3.63) is 36.0 Å². The average Bonchev–Trinajstić information content (AvgIpc) is 2.62. The number of thiol groups is 1. The first-order valence-corrected chi connectivity index (χ1v) is 5.74. The highest BCUT2D eigenvalue weighted by molar-refractivity contribution is 7.80. The minimum absolute atomic E-state index is 0.128. The van der Waals surface area contributed by atoms with Crippen molar-refractivity contribution >= 4 is 23.5 Å². The minimum Gasteiger partial charge on any atom is -0.379 e. The zero-order valence-corrected chi connectivity index (χ0v) is 9.26. The van der Waals surface area contributed by atoms with Gasteiger partial charge in [0, 0.05) is 22.9 Å². The first-order chi connectivity index (χ1) is 7.36. The predicted octanol–water partition coefficient (Wildman–Crippen LogP) is 2.37. The molecule has 0 radical (unpaired) electrons. The van der Waals surface area contributed by atoms with Crippen LogP contribution in [0, 0.1) is 0 Å². The maximum atomic E-state index is 5.34. The third-order valence-electron chi connectivity index (χ3n) is 3.22. The van der Waals surface area contributed by atoms with Crippen LogP contribution in [0.15, 0.2) is 30.5 Å². The molecule has 1 aliphatic heterocycles. The molecule has 0 amide bonds. The average molecular weight is 219 g/mol. The van der Waals surface area contributed by atoms with Gasteiger partial charge < -0.3 is 9.72 Å². The monoisotopic (exact) mass is 219 g/mol. The molecule has 3 rings (SSSR count). The lowest BCUT2D eigenvalue weighted by Crippen LogP contribution is -2.48. The van der Waals surface area contributed by atoms with E-state index in [1.165, 1.54) is 16.5 Å². The maximum Gasteiger partial charge on any atom is 0.0594 e. The van der Waals surface area contributed by atoms with Crippen molar-refractivity contribution in [2.45, 2.75) is 5.41 Å². The van der Waals surface area contributed by atoms with Gasteiger partial charge in [-0.25, -0.2) is 0 Å². The Bertz CT molecular complexity index is 482. The number of nitrogens with one attached hydrogen (secondary N) is 1. The molecular formula is C12H13NOS. The molecule has 0 aliphatic carbocycles. The fourth-order valence-corrected chi connectivity index (χ4v) is 2.54. The largest absolute Gasteiger partial charge is 0.379 e. The molecule has 1 aliphatic rings. The number of fused-ring (bicyclic) bond motifs is 1. The predicted molar refractivity (Wildman–Crippen MR) is 64.6 cm³/mol. The van der Waals surface area contributed by atoms with Gasteiger partial charge in [-0.15, -0.1) is 0 Å². The van der Waals surface area contributed by atoms with E-state index in [9.17, 15) is 0 Å². The van der Waals surface area contributed by atoms with Crippen molar-refractivity contribution in [3.8, 4) is 0 Å². The Kier molecular flexibility index (Phi) is 2.04. The van der Waals surface area contributed by atoms with E-state index in [0.29, 0.717) is 0 Å². The number of hydrogen-bond acceptors (Lipinski definition) is 2. The van der Waals surface area contributed by atoms with Gasteiger partial charge >= 0.3 is 0 Å². The van der Waals surface area contributed by atoms with E-state index in [-0.39, 0.29) is 5.41 Å². The van der Waals surface area contributed by atoms with Gasteiger partial charge in [-0.1, -0.05) is 18.2 Å². The summed E-state index contributed by atoms with van der Waals surface area (Å²) in [6.07, 6.45) is 2.10. The standard InChI is InChI=1S/C12H13NOS/c15-8-12(6-14-7-12)10-5-13-11-4-2-1-3-9(10)11/h1-5,13,15H,6-8H2. The van der Waals surface area contributed by atoms with Crippen LogP contribution >= 0.6 is 12.6 Å². The molecule has 3 heteroatoms.